The molecule has 3 rings (SSSR count). The van der Waals surface area contributed by atoms with Crippen molar-refractivity contribution in [2.45, 2.75) is 25.9 Å². The Morgan fingerprint density at radius 1 is 1.40 bits per heavy atom. The van der Waals surface area contributed by atoms with Gasteiger partial charge in [-0.05, 0) is 49.9 Å². The highest BCUT2D eigenvalue weighted by Gasteiger charge is 2.33. The first kappa shape index (κ1) is 13.6. The van der Waals surface area contributed by atoms with Crippen molar-refractivity contribution in [3.63, 3.8) is 0 Å². The van der Waals surface area contributed by atoms with E-state index >= 15 is 0 Å². The average Bonchev–Trinajstić information content (AvgIpc) is 2.48. The van der Waals surface area contributed by atoms with Crippen molar-refractivity contribution in [1.82, 2.24) is 5.32 Å². The molecule has 2 unspecified atom stereocenters. The Morgan fingerprint density at radius 3 is 3.05 bits per heavy atom. The summed E-state index contributed by atoms with van der Waals surface area (Å²) in [7, 11) is 0. The van der Waals surface area contributed by atoms with E-state index in [2.05, 4.69) is 24.4 Å². The summed E-state index contributed by atoms with van der Waals surface area (Å²) in [4.78, 5) is 14.0. The normalized spacial score (nSPS) is 27.6. The number of anilines is 1. The molecule has 1 aromatic carbocycles. The van der Waals surface area contributed by atoms with Crippen molar-refractivity contribution < 1.29 is 9.53 Å². The minimum atomic E-state index is 0.0654. The van der Waals surface area contributed by atoms with Gasteiger partial charge in [0.2, 0.25) is 0 Å². The summed E-state index contributed by atoms with van der Waals surface area (Å²) in [5, 5.41) is 3.42. The second-order valence-corrected chi connectivity index (χ2v) is 5.80. The molecule has 0 aromatic heterocycles. The van der Waals surface area contributed by atoms with E-state index in [-0.39, 0.29) is 18.6 Å². The first-order valence-corrected chi connectivity index (χ1v) is 7.43. The Bertz CT molecular complexity index is 483. The molecule has 108 valence electrons. The van der Waals surface area contributed by atoms with Crippen LogP contribution >= 0.6 is 0 Å². The number of hydrogen-bond acceptors (Lipinski definition) is 3. The second-order valence-electron chi connectivity index (χ2n) is 5.80. The van der Waals surface area contributed by atoms with E-state index in [1.54, 1.807) is 0 Å². The number of hydrogen-bond donors (Lipinski definition) is 1. The lowest BCUT2D eigenvalue weighted by molar-refractivity contribution is -0.131. The van der Waals surface area contributed by atoms with Crippen LogP contribution in [0.15, 0.2) is 24.3 Å². The SMILES string of the molecule is Cc1cccc(N2CC(C3CCCNC3)OCC2=O)c1. The van der Waals surface area contributed by atoms with Crippen LogP contribution in [0.4, 0.5) is 5.69 Å². The maximum absolute atomic E-state index is 12.1. The van der Waals surface area contributed by atoms with Crippen molar-refractivity contribution in [2.24, 2.45) is 5.92 Å². The molecule has 1 aromatic rings. The van der Waals surface area contributed by atoms with Crippen LogP contribution in [0.3, 0.4) is 0 Å². The Hall–Kier alpha value is -1.39. The van der Waals surface area contributed by atoms with Crippen LogP contribution in [-0.4, -0.2) is 38.3 Å². The molecule has 2 fully saturated rings. The number of amides is 1. The summed E-state index contributed by atoms with van der Waals surface area (Å²) in [6.45, 7) is 5.03. The number of nitrogens with zero attached hydrogens (tertiary/aromatic N) is 1. The van der Waals surface area contributed by atoms with Gasteiger partial charge in [-0.3, -0.25) is 4.79 Å². The van der Waals surface area contributed by atoms with Crippen LogP contribution in [0.1, 0.15) is 18.4 Å². The van der Waals surface area contributed by atoms with Crippen LogP contribution in [0.25, 0.3) is 0 Å². The summed E-state index contributed by atoms with van der Waals surface area (Å²) < 4.78 is 5.78. The fraction of sp³-hybridized carbons (Fsp3) is 0.562. The van der Waals surface area contributed by atoms with Gasteiger partial charge >= 0.3 is 0 Å². The molecule has 2 atom stereocenters. The predicted molar refractivity (Wildman–Crippen MR) is 78.9 cm³/mol. The Morgan fingerprint density at radius 2 is 2.30 bits per heavy atom. The van der Waals surface area contributed by atoms with Gasteiger partial charge in [-0.2, -0.15) is 0 Å². The Kier molecular flexibility index (Phi) is 4.03. The van der Waals surface area contributed by atoms with Crippen molar-refractivity contribution >= 4 is 11.6 Å². The molecule has 0 spiro atoms. The highest BCUT2D eigenvalue weighted by molar-refractivity contribution is 5.95. The quantitative estimate of drug-likeness (QED) is 0.893. The standard InChI is InChI=1S/C16H22N2O2/c1-12-4-2-6-14(8-12)18-10-15(20-11-16(18)19)13-5-3-7-17-9-13/h2,4,6,8,13,15,17H,3,5,7,9-11H2,1H3. The molecule has 20 heavy (non-hydrogen) atoms. The lowest BCUT2D eigenvalue weighted by Crippen LogP contribution is -2.52. The zero-order valence-corrected chi connectivity index (χ0v) is 12.0. The number of ether oxygens (including phenoxy) is 1. The summed E-state index contributed by atoms with van der Waals surface area (Å²) in [6.07, 6.45) is 2.54. The number of carbonyl (C=O) groups excluding carboxylic acids is 1. The van der Waals surface area contributed by atoms with Gasteiger partial charge in [-0.25, -0.2) is 0 Å². The highest BCUT2D eigenvalue weighted by atomic mass is 16.5. The summed E-state index contributed by atoms with van der Waals surface area (Å²) in [5.74, 6) is 0.583. The zero-order chi connectivity index (χ0) is 13.9. The van der Waals surface area contributed by atoms with Gasteiger partial charge in [-0.1, -0.05) is 12.1 Å². The lowest BCUT2D eigenvalue weighted by Gasteiger charge is -2.38. The summed E-state index contributed by atoms with van der Waals surface area (Å²) in [5.41, 5.74) is 2.17. The molecular weight excluding hydrogens is 252 g/mol. The zero-order valence-electron chi connectivity index (χ0n) is 12.0. The first-order chi connectivity index (χ1) is 9.74. The van der Waals surface area contributed by atoms with Crippen LogP contribution in [0.5, 0.6) is 0 Å². The highest BCUT2D eigenvalue weighted by Crippen LogP contribution is 2.25. The van der Waals surface area contributed by atoms with E-state index in [1.165, 1.54) is 18.4 Å². The molecular formula is C16H22N2O2. The molecule has 2 heterocycles. The molecule has 0 radical (unpaired) electrons. The number of rotatable bonds is 2. The van der Waals surface area contributed by atoms with E-state index in [1.807, 2.05) is 17.0 Å². The largest absolute Gasteiger partial charge is 0.366 e. The predicted octanol–water partition coefficient (Wildman–Crippen LogP) is 1.73. The van der Waals surface area contributed by atoms with E-state index in [0.29, 0.717) is 12.5 Å². The van der Waals surface area contributed by atoms with Gasteiger partial charge in [0.15, 0.2) is 0 Å². The topological polar surface area (TPSA) is 41.6 Å². The third-order valence-electron chi connectivity index (χ3n) is 4.26. The second kappa shape index (κ2) is 5.94. The molecule has 4 nitrogen and oxygen atoms in total. The monoisotopic (exact) mass is 274 g/mol. The molecule has 1 N–H and O–H groups in total. The molecule has 0 saturated carbocycles. The number of carbonyl (C=O) groups is 1. The summed E-state index contributed by atoms with van der Waals surface area (Å²) >= 11 is 0. The molecule has 1 amide bonds. The molecule has 2 aliphatic heterocycles. The fourth-order valence-corrected chi connectivity index (χ4v) is 3.12. The average molecular weight is 274 g/mol. The molecule has 0 bridgehead atoms. The van der Waals surface area contributed by atoms with Crippen LogP contribution in [0.2, 0.25) is 0 Å². The van der Waals surface area contributed by atoms with Gasteiger partial charge in [0.1, 0.15) is 6.61 Å². The number of piperidine rings is 1. The van der Waals surface area contributed by atoms with Crippen LogP contribution < -0.4 is 10.2 Å². The van der Waals surface area contributed by atoms with E-state index in [9.17, 15) is 4.79 Å². The molecule has 4 heteroatoms. The van der Waals surface area contributed by atoms with E-state index < -0.39 is 0 Å². The number of nitrogens with one attached hydrogen (secondary N) is 1. The maximum Gasteiger partial charge on any atom is 0.253 e. The summed E-state index contributed by atoms with van der Waals surface area (Å²) in [6, 6.07) is 8.13. The number of morpholine rings is 1. The minimum absolute atomic E-state index is 0.0654. The minimum Gasteiger partial charge on any atom is -0.366 e. The lowest BCUT2D eigenvalue weighted by atomic mass is 9.92. The maximum atomic E-state index is 12.1. The van der Waals surface area contributed by atoms with Gasteiger partial charge in [0.25, 0.3) is 5.91 Å². The third-order valence-corrected chi connectivity index (χ3v) is 4.26. The third kappa shape index (κ3) is 2.86. The van der Waals surface area contributed by atoms with Crippen LogP contribution in [0, 0.1) is 12.8 Å². The van der Waals surface area contributed by atoms with Crippen molar-refractivity contribution in [3.8, 4) is 0 Å². The van der Waals surface area contributed by atoms with E-state index in [0.717, 1.165) is 18.8 Å². The number of benzene rings is 1. The van der Waals surface area contributed by atoms with Crippen LogP contribution in [-0.2, 0) is 9.53 Å². The van der Waals surface area contributed by atoms with Gasteiger partial charge in [0.05, 0.1) is 12.6 Å². The Balaban J connectivity index is 1.74. The smallest absolute Gasteiger partial charge is 0.253 e. The Labute approximate surface area is 120 Å². The van der Waals surface area contributed by atoms with Crippen molar-refractivity contribution in [2.75, 3.05) is 31.1 Å². The van der Waals surface area contributed by atoms with E-state index in [4.69, 9.17) is 4.74 Å². The van der Waals surface area contributed by atoms with Gasteiger partial charge in [0, 0.05) is 12.2 Å². The van der Waals surface area contributed by atoms with Crippen molar-refractivity contribution in [1.29, 1.82) is 0 Å². The molecule has 2 saturated heterocycles. The molecule has 2 aliphatic rings. The van der Waals surface area contributed by atoms with Gasteiger partial charge < -0.3 is 15.0 Å². The molecule has 0 aliphatic carbocycles. The van der Waals surface area contributed by atoms with Gasteiger partial charge in [-0.15, -0.1) is 0 Å². The van der Waals surface area contributed by atoms with Crippen molar-refractivity contribution in [3.05, 3.63) is 29.8 Å². The fourth-order valence-electron chi connectivity index (χ4n) is 3.12. The number of aryl methyl sites for hydroxylation is 1. The first-order valence-electron chi connectivity index (χ1n) is 7.43.